The monoisotopic (exact) mass is 351 g/mol. The predicted molar refractivity (Wildman–Crippen MR) is 101 cm³/mol. The molecule has 25 heavy (non-hydrogen) atoms. The molecule has 3 nitrogen and oxygen atoms in total. The third-order valence-corrected chi connectivity index (χ3v) is 4.06. The van der Waals surface area contributed by atoms with E-state index in [2.05, 4.69) is 5.32 Å². The molecular weight excluding hydrogens is 334 g/mol. The molecule has 0 unspecified atom stereocenters. The molecule has 126 valence electrons. The van der Waals surface area contributed by atoms with Crippen molar-refractivity contribution in [3.05, 3.63) is 89.4 Å². The van der Waals surface area contributed by atoms with Crippen molar-refractivity contribution in [2.75, 3.05) is 5.32 Å². The van der Waals surface area contributed by atoms with Gasteiger partial charge in [0.05, 0.1) is 0 Å². The number of benzene rings is 3. The Morgan fingerprint density at radius 1 is 0.840 bits per heavy atom. The summed E-state index contributed by atoms with van der Waals surface area (Å²) in [7, 11) is 0. The number of hydrogen-bond acceptors (Lipinski definition) is 2. The number of anilines is 1. The molecule has 0 aliphatic carbocycles. The fourth-order valence-corrected chi connectivity index (χ4v) is 2.63. The zero-order valence-electron chi connectivity index (χ0n) is 13.6. The van der Waals surface area contributed by atoms with Crippen molar-refractivity contribution in [3.63, 3.8) is 0 Å². The standard InChI is InChI=1S/C21H18ClNO2/c22-20-9-5-4-6-16(20)10-15-21(24)23-17-11-13-19(14-12-17)25-18-7-2-1-3-8-18/h1-9,11-14H,10,15H2,(H,23,24). The summed E-state index contributed by atoms with van der Waals surface area (Å²) in [6, 6.07) is 24.4. The number of rotatable bonds is 6. The Morgan fingerprint density at radius 3 is 2.20 bits per heavy atom. The van der Waals surface area contributed by atoms with Crippen molar-refractivity contribution in [2.45, 2.75) is 12.8 Å². The zero-order valence-corrected chi connectivity index (χ0v) is 14.4. The Morgan fingerprint density at radius 2 is 1.48 bits per heavy atom. The van der Waals surface area contributed by atoms with Gasteiger partial charge in [0.25, 0.3) is 0 Å². The van der Waals surface area contributed by atoms with Crippen LogP contribution < -0.4 is 10.1 Å². The molecule has 3 rings (SSSR count). The van der Waals surface area contributed by atoms with E-state index in [1.807, 2.05) is 78.9 Å². The van der Waals surface area contributed by atoms with E-state index in [1.54, 1.807) is 0 Å². The van der Waals surface area contributed by atoms with E-state index in [4.69, 9.17) is 16.3 Å². The lowest BCUT2D eigenvalue weighted by atomic mass is 10.1. The van der Waals surface area contributed by atoms with Gasteiger partial charge in [-0.05, 0) is 54.4 Å². The van der Waals surface area contributed by atoms with Gasteiger partial charge in [-0.1, -0.05) is 48.0 Å². The summed E-state index contributed by atoms with van der Waals surface area (Å²) >= 11 is 6.11. The Balaban J connectivity index is 1.52. The number of ether oxygens (including phenoxy) is 1. The van der Waals surface area contributed by atoms with Gasteiger partial charge in [0.1, 0.15) is 11.5 Å². The Bertz CT molecular complexity index is 832. The first-order chi connectivity index (χ1) is 12.2. The fraction of sp³-hybridized carbons (Fsp3) is 0.0952. The van der Waals surface area contributed by atoms with Crippen LogP contribution >= 0.6 is 11.6 Å². The van der Waals surface area contributed by atoms with E-state index in [0.717, 1.165) is 22.7 Å². The van der Waals surface area contributed by atoms with Crippen LogP contribution in [0.5, 0.6) is 11.5 Å². The maximum Gasteiger partial charge on any atom is 0.224 e. The SMILES string of the molecule is O=C(CCc1ccccc1Cl)Nc1ccc(Oc2ccccc2)cc1. The second-order valence-corrected chi connectivity index (χ2v) is 5.99. The van der Waals surface area contributed by atoms with E-state index < -0.39 is 0 Å². The Labute approximate surface area is 152 Å². The molecule has 1 N–H and O–H groups in total. The van der Waals surface area contributed by atoms with Crippen LogP contribution in [0.15, 0.2) is 78.9 Å². The Kier molecular flexibility index (Phi) is 5.70. The molecule has 0 aromatic heterocycles. The molecule has 0 heterocycles. The number of carbonyl (C=O) groups excluding carboxylic acids is 1. The molecule has 0 atom stereocenters. The van der Waals surface area contributed by atoms with Gasteiger partial charge in [-0.25, -0.2) is 0 Å². The number of carbonyl (C=O) groups is 1. The summed E-state index contributed by atoms with van der Waals surface area (Å²) < 4.78 is 5.73. The number of amides is 1. The number of para-hydroxylation sites is 1. The molecule has 0 radical (unpaired) electrons. The van der Waals surface area contributed by atoms with Gasteiger partial charge in [-0.15, -0.1) is 0 Å². The van der Waals surface area contributed by atoms with E-state index in [9.17, 15) is 4.79 Å². The van der Waals surface area contributed by atoms with Gasteiger partial charge in [0, 0.05) is 17.1 Å². The van der Waals surface area contributed by atoms with Crippen LogP contribution in [-0.2, 0) is 11.2 Å². The lowest BCUT2D eigenvalue weighted by molar-refractivity contribution is -0.116. The highest BCUT2D eigenvalue weighted by molar-refractivity contribution is 6.31. The molecule has 3 aromatic rings. The summed E-state index contributed by atoms with van der Waals surface area (Å²) in [5, 5.41) is 3.58. The third kappa shape index (κ3) is 5.10. The average Bonchev–Trinajstić information content (AvgIpc) is 2.64. The van der Waals surface area contributed by atoms with Gasteiger partial charge in [-0.2, -0.15) is 0 Å². The van der Waals surface area contributed by atoms with E-state index >= 15 is 0 Å². The Hall–Kier alpha value is -2.78. The largest absolute Gasteiger partial charge is 0.457 e. The summed E-state index contributed by atoms with van der Waals surface area (Å²) in [5.41, 5.74) is 1.72. The number of halogens is 1. The average molecular weight is 352 g/mol. The van der Waals surface area contributed by atoms with Gasteiger partial charge >= 0.3 is 0 Å². The topological polar surface area (TPSA) is 38.3 Å². The lowest BCUT2D eigenvalue weighted by Gasteiger charge is -2.08. The van der Waals surface area contributed by atoms with Crippen LogP contribution in [0, 0.1) is 0 Å². The summed E-state index contributed by atoms with van der Waals surface area (Å²) in [5.74, 6) is 1.45. The van der Waals surface area contributed by atoms with Crippen LogP contribution in [0.3, 0.4) is 0 Å². The van der Waals surface area contributed by atoms with Crippen molar-refractivity contribution in [3.8, 4) is 11.5 Å². The van der Waals surface area contributed by atoms with Crippen molar-refractivity contribution in [2.24, 2.45) is 0 Å². The first-order valence-electron chi connectivity index (χ1n) is 8.07. The van der Waals surface area contributed by atoms with Crippen LogP contribution in [0.1, 0.15) is 12.0 Å². The van der Waals surface area contributed by atoms with E-state index in [-0.39, 0.29) is 5.91 Å². The minimum atomic E-state index is -0.0448. The van der Waals surface area contributed by atoms with Crippen molar-refractivity contribution in [1.29, 1.82) is 0 Å². The van der Waals surface area contributed by atoms with E-state index in [1.165, 1.54) is 0 Å². The van der Waals surface area contributed by atoms with Gasteiger partial charge in [0.15, 0.2) is 0 Å². The normalized spacial score (nSPS) is 10.3. The minimum absolute atomic E-state index is 0.0448. The first kappa shape index (κ1) is 17.1. The highest BCUT2D eigenvalue weighted by Gasteiger charge is 2.06. The number of aryl methyl sites for hydroxylation is 1. The van der Waals surface area contributed by atoms with Crippen LogP contribution in [0.25, 0.3) is 0 Å². The van der Waals surface area contributed by atoms with Crippen LogP contribution in [-0.4, -0.2) is 5.91 Å². The highest BCUT2D eigenvalue weighted by Crippen LogP contribution is 2.23. The van der Waals surface area contributed by atoms with Gasteiger partial charge in [-0.3, -0.25) is 4.79 Å². The molecule has 0 saturated carbocycles. The molecule has 0 aliphatic rings. The molecule has 1 amide bonds. The van der Waals surface area contributed by atoms with Crippen LogP contribution in [0.2, 0.25) is 5.02 Å². The minimum Gasteiger partial charge on any atom is -0.457 e. The van der Waals surface area contributed by atoms with Crippen molar-refractivity contribution < 1.29 is 9.53 Å². The first-order valence-corrected chi connectivity index (χ1v) is 8.45. The summed E-state index contributed by atoms with van der Waals surface area (Å²) in [6.07, 6.45) is 0.993. The van der Waals surface area contributed by atoms with Gasteiger partial charge < -0.3 is 10.1 Å². The second-order valence-electron chi connectivity index (χ2n) is 5.58. The molecular formula is C21H18ClNO2. The summed E-state index contributed by atoms with van der Waals surface area (Å²) in [4.78, 5) is 12.1. The van der Waals surface area contributed by atoms with Gasteiger partial charge in [0.2, 0.25) is 5.91 Å². The zero-order chi connectivity index (χ0) is 17.5. The maximum absolute atomic E-state index is 12.1. The molecule has 4 heteroatoms. The number of nitrogens with one attached hydrogen (secondary N) is 1. The smallest absolute Gasteiger partial charge is 0.224 e. The molecule has 0 fully saturated rings. The molecule has 0 aliphatic heterocycles. The number of hydrogen-bond donors (Lipinski definition) is 1. The molecule has 3 aromatic carbocycles. The van der Waals surface area contributed by atoms with E-state index in [0.29, 0.717) is 17.9 Å². The van der Waals surface area contributed by atoms with Crippen LogP contribution in [0.4, 0.5) is 5.69 Å². The second kappa shape index (κ2) is 8.36. The third-order valence-electron chi connectivity index (χ3n) is 3.70. The highest BCUT2D eigenvalue weighted by atomic mass is 35.5. The molecule has 0 saturated heterocycles. The lowest BCUT2D eigenvalue weighted by Crippen LogP contribution is -2.12. The van der Waals surface area contributed by atoms with Crippen molar-refractivity contribution >= 4 is 23.2 Å². The molecule has 0 spiro atoms. The fourth-order valence-electron chi connectivity index (χ4n) is 2.40. The van der Waals surface area contributed by atoms with Crippen molar-refractivity contribution in [1.82, 2.24) is 0 Å². The predicted octanol–water partition coefficient (Wildman–Crippen LogP) is 5.70. The summed E-state index contributed by atoms with van der Waals surface area (Å²) in [6.45, 7) is 0. The maximum atomic E-state index is 12.1. The quantitative estimate of drug-likeness (QED) is 0.618. The molecule has 0 bridgehead atoms.